The molecule has 1 saturated heterocycles. The standard InChI is InChI=1S/C14H18ClN3O3/c15-12-9-10(1-2-11(12)14(16)21)18-7-5-17(6-8-18)4-3-13(19)20/h1-2,9H,3-8H2,(H2,16,21)(H,19,20). The van der Waals surface area contributed by atoms with Gasteiger partial charge in [0.25, 0.3) is 0 Å². The molecule has 1 aromatic rings. The minimum atomic E-state index is -0.772. The molecule has 7 heteroatoms. The summed E-state index contributed by atoms with van der Waals surface area (Å²) >= 11 is 6.05. The van der Waals surface area contributed by atoms with Crippen LogP contribution in [-0.2, 0) is 4.79 Å². The number of carboxylic acids is 1. The van der Waals surface area contributed by atoms with Crippen molar-refractivity contribution in [3.63, 3.8) is 0 Å². The molecule has 0 aliphatic carbocycles. The Kier molecular flexibility index (Phi) is 5.03. The van der Waals surface area contributed by atoms with Crippen LogP contribution in [-0.4, -0.2) is 54.6 Å². The second-order valence-corrected chi connectivity index (χ2v) is 5.41. The molecule has 0 bridgehead atoms. The molecule has 1 aromatic carbocycles. The van der Waals surface area contributed by atoms with E-state index < -0.39 is 11.9 Å². The lowest BCUT2D eigenvalue weighted by Gasteiger charge is -2.36. The Morgan fingerprint density at radius 3 is 2.43 bits per heavy atom. The zero-order valence-corrected chi connectivity index (χ0v) is 12.3. The number of rotatable bonds is 5. The number of carbonyl (C=O) groups excluding carboxylic acids is 1. The van der Waals surface area contributed by atoms with Crippen LogP contribution >= 0.6 is 11.6 Å². The maximum absolute atomic E-state index is 11.1. The van der Waals surface area contributed by atoms with Gasteiger partial charge in [-0.3, -0.25) is 14.5 Å². The van der Waals surface area contributed by atoms with E-state index in [1.807, 2.05) is 6.07 Å². The molecule has 0 unspecified atom stereocenters. The predicted octanol–water partition coefficient (Wildman–Crippen LogP) is 1.04. The summed E-state index contributed by atoms with van der Waals surface area (Å²) in [6.07, 6.45) is 0.166. The maximum atomic E-state index is 11.1. The quantitative estimate of drug-likeness (QED) is 0.848. The average molecular weight is 312 g/mol. The molecule has 1 aliphatic rings. The Morgan fingerprint density at radius 1 is 1.24 bits per heavy atom. The Bertz CT molecular complexity index is 542. The van der Waals surface area contributed by atoms with Gasteiger partial charge in [-0.1, -0.05) is 11.6 Å². The van der Waals surface area contributed by atoms with Crippen molar-refractivity contribution in [2.24, 2.45) is 5.73 Å². The number of primary amides is 1. The molecule has 2 rings (SSSR count). The summed E-state index contributed by atoms with van der Waals surface area (Å²) in [4.78, 5) is 26.0. The van der Waals surface area contributed by atoms with Crippen molar-refractivity contribution in [1.82, 2.24) is 4.90 Å². The zero-order valence-electron chi connectivity index (χ0n) is 11.6. The van der Waals surface area contributed by atoms with Crippen molar-refractivity contribution in [1.29, 1.82) is 0 Å². The van der Waals surface area contributed by atoms with Crippen LogP contribution in [0.5, 0.6) is 0 Å². The number of hydrogen-bond donors (Lipinski definition) is 2. The molecule has 0 radical (unpaired) electrons. The first-order valence-electron chi connectivity index (χ1n) is 6.76. The highest BCUT2D eigenvalue weighted by molar-refractivity contribution is 6.34. The number of carboxylic acid groups (broad SMARTS) is 1. The summed E-state index contributed by atoms with van der Waals surface area (Å²) < 4.78 is 0. The summed E-state index contributed by atoms with van der Waals surface area (Å²) in [7, 11) is 0. The largest absolute Gasteiger partial charge is 0.481 e. The maximum Gasteiger partial charge on any atom is 0.304 e. The third-order valence-electron chi connectivity index (χ3n) is 3.60. The number of hydrogen-bond acceptors (Lipinski definition) is 4. The van der Waals surface area contributed by atoms with Gasteiger partial charge in [0.1, 0.15) is 0 Å². The van der Waals surface area contributed by atoms with Crippen LogP contribution in [0.2, 0.25) is 5.02 Å². The number of benzene rings is 1. The minimum Gasteiger partial charge on any atom is -0.481 e. The van der Waals surface area contributed by atoms with Crippen molar-refractivity contribution >= 4 is 29.2 Å². The molecule has 0 spiro atoms. The van der Waals surface area contributed by atoms with E-state index in [9.17, 15) is 9.59 Å². The van der Waals surface area contributed by atoms with Crippen LogP contribution in [0.3, 0.4) is 0 Å². The monoisotopic (exact) mass is 311 g/mol. The smallest absolute Gasteiger partial charge is 0.304 e. The fourth-order valence-corrected chi connectivity index (χ4v) is 2.65. The Balaban J connectivity index is 1.94. The molecular weight excluding hydrogens is 294 g/mol. The van der Waals surface area contributed by atoms with Crippen molar-refractivity contribution in [3.05, 3.63) is 28.8 Å². The van der Waals surface area contributed by atoms with Crippen LogP contribution < -0.4 is 10.6 Å². The Hall–Kier alpha value is -1.79. The fourth-order valence-electron chi connectivity index (χ4n) is 2.38. The molecule has 1 fully saturated rings. The summed E-state index contributed by atoms with van der Waals surface area (Å²) in [6, 6.07) is 5.21. The van der Waals surface area contributed by atoms with Crippen LogP contribution in [0, 0.1) is 0 Å². The number of nitrogens with two attached hydrogens (primary N) is 1. The topological polar surface area (TPSA) is 86.9 Å². The Morgan fingerprint density at radius 2 is 1.90 bits per heavy atom. The molecular formula is C14H18ClN3O3. The number of anilines is 1. The van der Waals surface area contributed by atoms with Crippen molar-refractivity contribution in [3.8, 4) is 0 Å². The zero-order chi connectivity index (χ0) is 15.4. The highest BCUT2D eigenvalue weighted by Crippen LogP contribution is 2.24. The van der Waals surface area contributed by atoms with E-state index in [1.54, 1.807) is 12.1 Å². The third kappa shape index (κ3) is 4.09. The van der Waals surface area contributed by atoms with E-state index in [4.69, 9.17) is 22.4 Å². The van der Waals surface area contributed by atoms with Crippen molar-refractivity contribution in [2.75, 3.05) is 37.6 Å². The summed E-state index contributed by atoms with van der Waals surface area (Å²) in [6.45, 7) is 3.78. The second kappa shape index (κ2) is 6.78. The predicted molar refractivity (Wildman–Crippen MR) is 80.9 cm³/mol. The van der Waals surface area contributed by atoms with Crippen molar-refractivity contribution < 1.29 is 14.7 Å². The molecule has 0 atom stereocenters. The van der Waals surface area contributed by atoms with Crippen LogP contribution in [0.25, 0.3) is 0 Å². The van der Waals surface area contributed by atoms with E-state index in [1.165, 1.54) is 0 Å². The fraction of sp³-hybridized carbons (Fsp3) is 0.429. The van der Waals surface area contributed by atoms with Gasteiger partial charge >= 0.3 is 5.97 Å². The molecule has 1 heterocycles. The molecule has 114 valence electrons. The van der Waals surface area contributed by atoms with E-state index in [-0.39, 0.29) is 6.42 Å². The normalized spacial score (nSPS) is 16.0. The van der Waals surface area contributed by atoms with E-state index in [0.29, 0.717) is 17.1 Å². The lowest BCUT2D eigenvalue weighted by atomic mass is 10.1. The molecule has 0 aromatic heterocycles. The summed E-state index contributed by atoms with van der Waals surface area (Å²) in [5.41, 5.74) is 6.49. The van der Waals surface area contributed by atoms with Crippen LogP contribution in [0.1, 0.15) is 16.8 Å². The second-order valence-electron chi connectivity index (χ2n) is 5.00. The first-order chi connectivity index (χ1) is 9.97. The minimum absolute atomic E-state index is 0.166. The molecule has 3 N–H and O–H groups in total. The third-order valence-corrected chi connectivity index (χ3v) is 3.91. The van der Waals surface area contributed by atoms with Crippen LogP contribution in [0.15, 0.2) is 18.2 Å². The van der Waals surface area contributed by atoms with E-state index in [2.05, 4.69) is 9.80 Å². The molecule has 6 nitrogen and oxygen atoms in total. The number of carbonyl (C=O) groups is 2. The molecule has 0 saturated carbocycles. The van der Waals surface area contributed by atoms with Gasteiger partial charge in [-0.05, 0) is 18.2 Å². The van der Waals surface area contributed by atoms with Gasteiger partial charge in [0.15, 0.2) is 0 Å². The van der Waals surface area contributed by atoms with Crippen molar-refractivity contribution in [2.45, 2.75) is 6.42 Å². The molecule has 1 amide bonds. The van der Waals surface area contributed by atoms with Gasteiger partial charge in [0.2, 0.25) is 5.91 Å². The van der Waals surface area contributed by atoms with Gasteiger partial charge in [-0.15, -0.1) is 0 Å². The SMILES string of the molecule is NC(=O)c1ccc(N2CCN(CCC(=O)O)CC2)cc1Cl. The average Bonchev–Trinajstić information content (AvgIpc) is 2.45. The highest BCUT2D eigenvalue weighted by Gasteiger charge is 2.18. The lowest BCUT2D eigenvalue weighted by Crippen LogP contribution is -2.46. The number of nitrogens with zero attached hydrogens (tertiary/aromatic N) is 2. The van der Waals surface area contributed by atoms with Gasteiger partial charge in [-0.25, -0.2) is 0 Å². The molecule has 21 heavy (non-hydrogen) atoms. The van der Waals surface area contributed by atoms with Gasteiger partial charge < -0.3 is 15.7 Å². The number of piperazine rings is 1. The van der Waals surface area contributed by atoms with Crippen LogP contribution in [0.4, 0.5) is 5.69 Å². The highest BCUT2D eigenvalue weighted by atomic mass is 35.5. The Labute approximate surface area is 128 Å². The molecule has 1 aliphatic heterocycles. The van der Waals surface area contributed by atoms with E-state index >= 15 is 0 Å². The summed E-state index contributed by atoms with van der Waals surface area (Å²) in [5, 5.41) is 9.04. The number of halogens is 1. The van der Waals surface area contributed by atoms with Gasteiger partial charge in [0.05, 0.1) is 17.0 Å². The van der Waals surface area contributed by atoms with Gasteiger partial charge in [-0.2, -0.15) is 0 Å². The number of aliphatic carboxylic acids is 1. The first-order valence-corrected chi connectivity index (χ1v) is 7.13. The number of amides is 1. The van der Waals surface area contributed by atoms with E-state index in [0.717, 1.165) is 31.9 Å². The summed E-state index contributed by atoms with van der Waals surface area (Å²) in [5.74, 6) is -1.31. The first kappa shape index (κ1) is 15.6. The lowest BCUT2D eigenvalue weighted by molar-refractivity contribution is -0.137. The van der Waals surface area contributed by atoms with Gasteiger partial charge in [0, 0.05) is 38.4 Å².